The van der Waals surface area contributed by atoms with E-state index in [1.165, 1.54) is 12.1 Å². The van der Waals surface area contributed by atoms with Gasteiger partial charge in [-0.1, -0.05) is 11.6 Å². The molecule has 20 heavy (non-hydrogen) atoms. The van der Waals surface area contributed by atoms with E-state index in [1.54, 1.807) is 24.3 Å². The second-order valence-corrected chi connectivity index (χ2v) is 4.57. The lowest BCUT2D eigenvalue weighted by Gasteiger charge is -2.12. The molecule has 0 spiro atoms. The molecule has 0 saturated carbocycles. The van der Waals surface area contributed by atoms with Gasteiger partial charge in [-0.15, -0.1) is 0 Å². The van der Waals surface area contributed by atoms with Crippen LogP contribution in [0.1, 0.15) is 12.5 Å². The Kier molecular flexibility index (Phi) is 4.69. The Morgan fingerprint density at radius 2 is 1.95 bits per heavy atom. The molecule has 0 aliphatic carbocycles. The molecule has 0 saturated heterocycles. The van der Waals surface area contributed by atoms with E-state index >= 15 is 0 Å². The summed E-state index contributed by atoms with van der Waals surface area (Å²) in [7, 11) is 0. The van der Waals surface area contributed by atoms with Crippen LogP contribution in [-0.4, -0.2) is 6.61 Å². The van der Waals surface area contributed by atoms with Gasteiger partial charge in [0.15, 0.2) is 0 Å². The molecule has 0 fully saturated rings. The van der Waals surface area contributed by atoms with E-state index in [-0.39, 0.29) is 11.6 Å². The molecule has 0 unspecified atom stereocenters. The van der Waals surface area contributed by atoms with Gasteiger partial charge in [0.25, 0.3) is 0 Å². The van der Waals surface area contributed by atoms with Crippen LogP contribution in [-0.2, 0) is 6.61 Å². The number of ether oxygens (including phenoxy) is 2. The molecule has 0 bridgehead atoms. The maximum Gasteiger partial charge on any atom is 0.145 e. The van der Waals surface area contributed by atoms with Crippen LogP contribution >= 0.6 is 11.6 Å². The first-order valence-corrected chi connectivity index (χ1v) is 6.57. The highest BCUT2D eigenvalue weighted by molar-refractivity contribution is 6.30. The van der Waals surface area contributed by atoms with Gasteiger partial charge in [-0.2, -0.15) is 0 Å². The summed E-state index contributed by atoms with van der Waals surface area (Å²) in [5.74, 6) is 0.592. The molecule has 0 aliphatic rings. The van der Waals surface area contributed by atoms with Gasteiger partial charge in [-0.3, -0.25) is 0 Å². The van der Waals surface area contributed by atoms with Crippen LogP contribution in [0.4, 0.5) is 10.1 Å². The topological polar surface area (TPSA) is 44.5 Å². The summed E-state index contributed by atoms with van der Waals surface area (Å²) in [5, 5.41) is 0.0660. The highest BCUT2D eigenvalue weighted by Crippen LogP contribution is 2.25. The van der Waals surface area contributed by atoms with Crippen molar-refractivity contribution >= 4 is 17.3 Å². The molecule has 2 aromatic rings. The fourth-order valence-corrected chi connectivity index (χ4v) is 1.85. The lowest BCUT2D eigenvalue weighted by Crippen LogP contribution is -2.02. The standard InChI is InChI=1S/C15H15ClFNO2/c1-2-19-15-6-3-11(18)7-10(15)9-20-12-4-5-13(16)14(17)8-12/h3-8H,2,9,18H2,1H3. The normalized spacial score (nSPS) is 10.3. The first kappa shape index (κ1) is 14.5. The number of rotatable bonds is 5. The minimum Gasteiger partial charge on any atom is -0.493 e. The molecule has 2 rings (SSSR count). The van der Waals surface area contributed by atoms with E-state index in [9.17, 15) is 4.39 Å². The van der Waals surface area contributed by atoms with Crippen molar-refractivity contribution in [1.29, 1.82) is 0 Å². The van der Waals surface area contributed by atoms with Crippen molar-refractivity contribution in [3.63, 3.8) is 0 Å². The van der Waals surface area contributed by atoms with E-state index in [0.29, 0.717) is 23.8 Å². The van der Waals surface area contributed by atoms with Crippen molar-refractivity contribution in [3.8, 4) is 11.5 Å². The molecule has 0 aromatic heterocycles. The summed E-state index contributed by atoms with van der Waals surface area (Å²) in [6, 6.07) is 9.63. The number of anilines is 1. The number of hydrogen-bond donors (Lipinski definition) is 1. The van der Waals surface area contributed by atoms with E-state index in [2.05, 4.69) is 0 Å². The predicted molar refractivity (Wildman–Crippen MR) is 77.8 cm³/mol. The van der Waals surface area contributed by atoms with Crippen molar-refractivity contribution < 1.29 is 13.9 Å². The molecule has 0 heterocycles. The molecule has 106 valence electrons. The van der Waals surface area contributed by atoms with Crippen molar-refractivity contribution in [2.24, 2.45) is 0 Å². The van der Waals surface area contributed by atoms with Crippen LogP contribution in [0.25, 0.3) is 0 Å². The average molecular weight is 296 g/mol. The van der Waals surface area contributed by atoms with Crippen molar-refractivity contribution in [2.45, 2.75) is 13.5 Å². The van der Waals surface area contributed by atoms with E-state index < -0.39 is 5.82 Å². The Morgan fingerprint density at radius 3 is 2.65 bits per heavy atom. The quantitative estimate of drug-likeness (QED) is 0.847. The minimum absolute atomic E-state index is 0.0660. The monoisotopic (exact) mass is 295 g/mol. The zero-order valence-electron chi connectivity index (χ0n) is 11.0. The maximum absolute atomic E-state index is 13.3. The number of nitrogen functional groups attached to an aromatic ring is 1. The SMILES string of the molecule is CCOc1ccc(N)cc1COc1ccc(Cl)c(F)c1. The summed E-state index contributed by atoms with van der Waals surface area (Å²) in [4.78, 5) is 0. The summed E-state index contributed by atoms with van der Waals surface area (Å²) >= 11 is 5.62. The van der Waals surface area contributed by atoms with Crippen LogP contribution in [0, 0.1) is 5.82 Å². The molecular weight excluding hydrogens is 281 g/mol. The lowest BCUT2D eigenvalue weighted by molar-refractivity contribution is 0.285. The van der Waals surface area contributed by atoms with Gasteiger partial charge in [0.05, 0.1) is 11.6 Å². The van der Waals surface area contributed by atoms with Crippen molar-refractivity contribution in [2.75, 3.05) is 12.3 Å². The van der Waals surface area contributed by atoms with Crippen LogP contribution in [0.2, 0.25) is 5.02 Å². The van der Waals surface area contributed by atoms with E-state index in [1.807, 2.05) is 6.92 Å². The third kappa shape index (κ3) is 3.54. The van der Waals surface area contributed by atoms with Crippen LogP contribution in [0.3, 0.4) is 0 Å². The smallest absolute Gasteiger partial charge is 0.145 e. The van der Waals surface area contributed by atoms with E-state index in [0.717, 1.165) is 5.56 Å². The van der Waals surface area contributed by atoms with Gasteiger partial charge in [0, 0.05) is 17.3 Å². The Balaban J connectivity index is 2.13. The van der Waals surface area contributed by atoms with Crippen LogP contribution < -0.4 is 15.2 Å². The van der Waals surface area contributed by atoms with E-state index in [4.69, 9.17) is 26.8 Å². The molecule has 2 aromatic carbocycles. The Labute approximate surface area is 122 Å². The molecule has 0 aliphatic heterocycles. The number of nitrogens with two attached hydrogens (primary N) is 1. The summed E-state index contributed by atoms with van der Waals surface area (Å²) < 4.78 is 24.3. The number of halogens is 2. The zero-order valence-corrected chi connectivity index (χ0v) is 11.8. The van der Waals surface area contributed by atoms with Gasteiger partial charge in [-0.05, 0) is 37.3 Å². The fourth-order valence-electron chi connectivity index (χ4n) is 1.74. The average Bonchev–Trinajstić information content (AvgIpc) is 2.43. The van der Waals surface area contributed by atoms with Gasteiger partial charge < -0.3 is 15.2 Å². The highest BCUT2D eigenvalue weighted by Gasteiger charge is 2.07. The summed E-state index contributed by atoms with van der Waals surface area (Å²) in [6.07, 6.45) is 0. The molecule has 2 N–H and O–H groups in total. The maximum atomic E-state index is 13.3. The second-order valence-electron chi connectivity index (χ2n) is 4.16. The Morgan fingerprint density at radius 1 is 1.15 bits per heavy atom. The molecule has 0 amide bonds. The second kappa shape index (κ2) is 6.48. The molecule has 0 atom stereocenters. The minimum atomic E-state index is -0.512. The van der Waals surface area contributed by atoms with Crippen LogP contribution in [0.15, 0.2) is 36.4 Å². The highest BCUT2D eigenvalue weighted by atomic mass is 35.5. The summed E-state index contributed by atoms with van der Waals surface area (Å²) in [5.41, 5.74) is 7.18. The zero-order chi connectivity index (χ0) is 14.5. The lowest BCUT2D eigenvalue weighted by atomic mass is 10.2. The molecule has 0 radical (unpaired) electrons. The first-order valence-electron chi connectivity index (χ1n) is 6.19. The largest absolute Gasteiger partial charge is 0.493 e. The van der Waals surface area contributed by atoms with Crippen LogP contribution in [0.5, 0.6) is 11.5 Å². The fraction of sp³-hybridized carbons (Fsp3) is 0.200. The van der Waals surface area contributed by atoms with Gasteiger partial charge in [-0.25, -0.2) is 4.39 Å². The summed E-state index contributed by atoms with van der Waals surface area (Å²) in [6.45, 7) is 2.68. The van der Waals surface area contributed by atoms with Crippen molar-refractivity contribution in [3.05, 3.63) is 52.8 Å². The third-order valence-electron chi connectivity index (χ3n) is 2.67. The third-order valence-corrected chi connectivity index (χ3v) is 2.98. The molecular formula is C15H15ClFNO2. The molecule has 5 heteroatoms. The van der Waals surface area contributed by atoms with Gasteiger partial charge >= 0.3 is 0 Å². The molecule has 3 nitrogen and oxygen atoms in total. The number of hydrogen-bond acceptors (Lipinski definition) is 3. The number of benzene rings is 2. The van der Waals surface area contributed by atoms with Crippen molar-refractivity contribution in [1.82, 2.24) is 0 Å². The first-order chi connectivity index (χ1) is 9.60. The van der Waals surface area contributed by atoms with Gasteiger partial charge in [0.2, 0.25) is 0 Å². The predicted octanol–water partition coefficient (Wildman–Crippen LogP) is 4.04. The van der Waals surface area contributed by atoms with Gasteiger partial charge in [0.1, 0.15) is 23.9 Å². The Bertz CT molecular complexity index is 604. The Hall–Kier alpha value is -1.94.